The Labute approximate surface area is 107 Å². The van der Waals surface area contributed by atoms with Gasteiger partial charge in [0, 0.05) is 41.5 Å². The lowest BCUT2D eigenvalue weighted by Crippen LogP contribution is -2.24. The first-order valence-corrected chi connectivity index (χ1v) is 6.23. The third-order valence-corrected chi connectivity index (χ3v) is 3.39. The van der Waals surface area contributed by atoms with E-state index in [2.05, 4.69) is 34.6 Å². The molecule has 2 aromatic rings. The molecule has 1 N–H and O–H groups in total. The summed E-state index contributed by atoms with van der Waals surface area (Å²) < 4.78 is 5.87. The van der Waals surface area contributed by atoms with Gasteiger partial charge in [-0.05, 0) is 13.1 Å². The molecule has 1 aromatic carbocycles. The van der Waals surface area contributed by atoms with Crippen LogP contribution in [0.2, 0.25) is 0 Å². The summed E-state index contributed by atoms with van der Waals surface area (Å²) in [6, 6.07) is 10.7. The van der Waals surface area contributed by atoms with Crippen LogP contribution >= 0.6 is 0 Å². The van der Waals surface area contributed by atoms with Gasteiger partial charge in [-0.25, -0.2) is 0 Å². The van der Waals surface area contributed by atoms with E-state index < -0.39 is 0 Å². The molecule has 0 spiro atoms. The van der Waals surface area contributed by atoms with Crippen molar-refractivity contribution in [2.75, 3.05) is 13.7 Å². The normalized spacial score (nSPS) is 17.9. The predicted octanol–water partition coefficient (Wildman–Crippen LogP) is 2.79. The Balaban J connectivity index is 2.12. The number of hydrogen-bond acceptors (Lipinski definition) is 3. The fraction of sp³-hybridized carbons (Fsp3) is 0.267. The second-order valence-electron chi connectivity index (χ2n) is 4.44. The van der Waals surface area contributed by atoms with Crippen LogP contribution in [-0.2, 0) is 0 Å². The minimum Gasteiger partial charge on any atom is -0.493 e. The number of para-hydroxylation sites is 1. The Morgan fingerprint density at radius 3 is 3.00 bits per heavy atom. The average Bonchev–Trinajstić information content (AvgIpc) is 2.47. The number of aromatic nitrogens is 1. The van der Waals surface area contributed by atoms with Crippen LogP contribution in [0, 0.1) is 0 Å². The van der Waals surface area contributed by atoms with Crippen LogP contribution in [0.25, 0.3) is 11.1 Å². The molecule has 0 saturated heterocycles. The summed E-state index contributed by atoms with van der Waals surface area (Å²) in [4.78, 5) is 4.18. The van der Waals surface area contributed by atoms with E-state index in [-0.39, 0.29) is 0 Å². The first-order chi connectivity index (χ1) is 8.90. The van der Waals surface area contributed by atoms with E-state index >= 15 is 0 Å². The highest BCUT2D eigenvalue weighted by atomic mass is 16.5. The summed E-state index contributed by atoms with van der Waals surface area (Å²) in [5.41, 5.74) is 3.47. The fourth-order valence-corrected chi connectivity index (χ4v) is 2.47. The lowest BCUT2D eigenvalue weighted by molar-refractivity contribution is 0.258. The number of rotatable bonds is 2. The van der Waals surface area contributed by atoms with Crippen LogP contribution in [0.5, 0.6) is 5.75 Å². The smallest absolute Gasteiger partial charge is 0.131 e. The number of pyridine rings is 1. The second-order valence-corrected chi connectivity index (χ2v) is 4.44. The number of benzene rings is 1. The fourth-order valence-electron chi connectivity index (χ4n) is 2.47. The van der Waals surface area contributed by atoms with Gasteiger partial charge in [-0.3, -0.25) is 4.98 Å². The molecule has 1 aromatic heterocycles. The Bertz CT molecular complexity index is 539. The standard InChI is InChI=1S/C15H16N2O/c1-16-14-7-9-18-15-12(5-2-6-13(14)15)11-4-3-8-17-10-11/h2-6,8,10,14,16H,7,9H2,1H3/t14-/m1/s1. The number of ether oxygens (including phenoxy) is 1. The zero-order valence-corrected chi connectivity index (χ0v) is 10.4. The number of fused-ring (bicyclic) bond motifs is 1. The van der Waals surface area contributed by atoms with E-state index in [9.17, 15) is 0 Å². The molecule has 2 heterocycles. The molecule has 0 fully saturated rings. The third kappa shape index (κ3) is 1.87. The summed E-state index contributed by atoms with van der Waals surface area (Å²) in [5, 5.41) is 3.34. The molecule has 92 valence electrons. The average molecular weight is 240 g/mol. The number of nitrogens with one attached hydrogen (secondary N) is 1. The Morgan fingerprint density at radius 1 is 1.28 bits per heavy atom. The van der Waals surface area contributed by atoms with Crippen molar-refractivity contribution < 1.29 is 4.74 Å². The van der Waals surface area contributed by atoms with Crippen molar-refractivity contribution in [2.24, 2.45) is 0 Å². The lowest BCUT2D eigenvalue weighted by Gasteiger charge is -2.27. The zero-order valence-electron chi connectivity index (χ0n) is 10.4. The first-order valence-electron chi connectivity index (χ1n) is 6.23. The third-order valence-electron chi connectivity index (χ3n) is 3.39. The van der Waals surface area contributed by atoms with Gasteiger partial charge in [0.1, 0.15) is 5.75 Å². The SMILES string of the molecule is CN[C@@H]1CCOc2c(-c3cccnc3)cccc21. The summed E-state index contributed by atoms with van der Waals surface area (Å²) in [7, 11) is 2.00. The molecule has 1 atom stereocenters. The highest BCUT2D eigenvalue weighted by Crippen LogP contribution is 2.39. The van der Waals surface area contributed by atoms with E-state index in [1.54, 1.807) is 6.20 Å². The van der Waals surface area contributed by atoms with Crippen molar-refractivity contribution in [3.63, 3.8) is 0 Å². The Morgan fingerprint density at radius 2 is 2.22 bits per heavy atom. The molecule has 3 nitrogen and oxygen atoms in total. The summed E-state index contributed by atoms with van der Waals surface area (Å²) in [6.07, 6.45) is 4.68. The van der Waals surface area contributed by atoms with Crippen LogP contribution in [0.4, 0.5) is 0 Å². The van der Waals surface area contributed by atoms with E-state index in [4.69, 9.17) is 4.74 Å². The molecule has 0 bridgehead atoms. The molecular formula is C15H16N2O. The van der Waals surface area contributed by atoms with Gasteiger partial charge in [-0.2, -0.15) is 0 Å². The second kappa shape index (κ2) is 4.78. The number of nitrogens with zero attached hydrogens (tertiary/aromatic N) is 1. The topological polar surface area (TPSA) is 34.1 Å². The van der Waals surface area contributed by atoms with E-state index in [1.165, 1.54) is 5.56 Å². The van der Waals surface area contributed by atoms with Gasteiger partial charge in [0.15, 0.2) is 0 Å². The molecule has 0 radical (unpaired) electrons. The summed E-state index contributed by atoms with van der Waals surface area (Å²) in [6.45, 7) is 0.760. The van der Waals surface area contributed by atoms with Crippen LogP contribution < -0.4 is 10.1 Å². The van der Waals surface area contributed by atoms with Crippen LogP contribution in [0.15, 0.2) is 42.7 Å². The molecular weight excluding hydrogens is 224 g/mol. The van der Waals surface area contributed by atoms with Gasteiger partial charge in [0.2, 0.25) is 0 Å². The minimum absolute atomic E-state index is 0.380. The summed E-state index contributed by atoms with van der Waals surface area (Å²) in [5.74, 6) is 0.996. The molecule has 1 aliphatic heterocycles. The summed E-state index contributed by atoms with van der Waals surface area (Å²) >= 11 is 0. The first kappa shape index (κ1) is 11.2. The largest absolute Gasteiger partial charge is 0.493 e. The Hall–Kier alpha value is -1.87. The highest BCUT2D eigenvalue weighted by Gasteiger charge is 2.22. The molecule has 18 heavy (non-hydrogen) atoms. The van der Waals surface area contributed by atoms with E-state index in [0.717, 1.165) is 29.9 Å². The van der Waals surface area contributed by atoms with Crippen LogP contribution in [0.3, 0.4) is 0 Å². The molecule has 0 unspecified atom stereocenters. The highest BCUT2D eigenvalue weighted by molar-refractivity contribution is 5.72. The van der Waals surface area contributed by atoms with Crippen molar-refractivity contribution in [3.05, 3.63) is 48.3 Å². The van der Waals surface area contributed by atoms with Crippen molar-refractivity contribution in [3.8, 4) is 16.9 Å². The Kier molecular flexibility index (Phi) is 2.99. The molecule has 3 rings (SSSR count). The molecule has 0 aliphatic carbocycles. The number of hydrogen-bond donors (Lipinski definition) is 1. The zero-order chi connectivity index (χ0) is 12.4. The minimum atomic E-state index is 0.380. The lowest BCUT2D eigenvalue weighted by atomic mass is 9.95. The van der Waals surface area contributed by atoms with Gasteiger partial charge >= 0.3 is 0 Å². The van der Waals surface area contributed by atoms with Crippen LogP contribution in [-0.4, -0.2) is 18.6 Å². The quantitative estimate of drug-likeness (QED) is 0.876. The molecule has 0 saturated carbocycles. The monoisotopic (exact) mass is 240 g/mol. The van der Waals surface area contributed by atoms with Crippen molar-refractivity contribution in [1.29, 1.82) is 0 Å². The predicted molar refractivity (Wildman–Crippen MR) is 71.6 cm³/mol. The van der Waals surface area contributed by atoms with Gasteiger partial charge in [-0.1, -0.05) is 24.3 Å². The molecule has 0 amide bonds. The van der Waals surface area contributed by atoms with Gasteiger partial charge in [-0.15, -0.1) is 0 Å². The van der Waals surface area contributed by atoms with E-state index in [1.807, 2.05) is 19.3 Å². The maximum atomic E-state index is 5.87. The maximum Gasteiger partial charge on any atom is 0.131 e. The van der Waals surface area contributed by atoms with Gasteiger partial charge < -0.3 is 10.1 Å². The van der Waals surface area contributed by atoms with E-state index in [0.29, 0.717) is 6.04 Å². The molecule has 1 aliphatic rings. The maximum absolute atomic E-state index is 5.87. The van der Waals surface area contributed by atoms with Crippen molar-refractivity contribution in [2.45, 2.75) is 12.5 Å². The van der Waals surface area contributed by atoms with Crippen LogP contribution in [0.1, 0.15) is 18.0 Å². The van der Waals surface area contributed by atoms with Gasteiger partial charge in [0.25, 0.3) is 0 Å². The van der Waals surface area contributed by atoms with Crippen molar-refractivity contribution >= 4 is 0 Å². The van der Waals surface area contributed by atoms with Gasteiger partial charge in [0.05, 0.1) is 6.61 Å². The molecule has 3 heteroatoms. The van der Waals surface area contributed by atoms with Crippen molar-refractivity contribution in [1.82, 2.24) is 10.3 Å².